The van der Waals surface area contributed by atoms with Crippen molar-refractivity contribution < 1.29 is 27.4 Å². The number of halogens is 3. The van der Waals surface area contributed by atoms with E-state index in [1.54, 1.807) is 31.2 Å². The molecule has 9 heteroatoms. The molecule has 2 aromatic carbocycles. The SMILES string of the molecule is COc1ccccc1NC(C)C(=O)Nc1cc(C(F)(F)F)ccc1N1CCOCC1. The molecule has 1 aliphatic heterocycles. The van der Waals surface area contributed by atoms with Crippen LogP contribution >= 0.6 is 0 Å². The Kier molecular flexibility index (Phi) is 6.71. The highest BCUT2D eigenvalue weighted by Gasteiger charge is 2.32. The second-order valence-corrected chi connectivity index (χ2v) is 6.88. The van der Waals surface area contributed by atoms with E-state index < -0.39 is 23.7 Å². The predicted octanol–water partition coefficient (Wildman–Crippen LogP) is 3.99. The molecule has 2 N–H and O–H groups in total. The van der Waals surface area contributed by atoms with E-state index in [-0.39, 0.29) is 5.69 Å². The van der Waals surface area contributed by atoms with Crippen LogP contribution in [0.4, 0.5) is 30.2 Å². The van der Waals surface area contributed by atoms with Gasteiger partial charge in [-0.25, -0.2) is 0 Å². The lowest BCUT2D eigenvalue weighted by molar-refractivity contribution is -0.137. The van der Waals surface area contributed by atoms with Gasteiger partial charge in [-0.2, -0.15) is 13.2 Å². The fourth-order valence-corrected chi connectivity index (χ4v) is 3.20. The van der Waals surface area contributed by atoms with E-state index >= 15 is 0 Å². The van der Waals surface area contributed by atoms with Gasteiger partial charge in [-0.15, -0.1) is 0 Å². The van der Waals surface area contributed by atoms with Gasteiger partial charge in [-0.3, -0.25) is 4.79 Å². The van der Waals surface area contributed by atoms with E-state index in [0.717, 1.165) is 12.1 Å². The van der Waals surface area contributed by atoms with Gasteiger partial charge >= 0.3 is 6.18 Å². The Labute approximate surface area is 173 Å². The van der Waals surface area contributed by atoms with Crippen LogP contribution in [0, 0.1) is 0 Å². The predicted molar refractivity (Wildman–Crippen MR) is 109 cm³/mol. The Balaban J connectivity index is 1.82. The molecule has 1 aliphatic rings. The van der Waals surface area contributed by atoms with Crippen molar-refractivity contribution in [3.05, 3.63) is 48.0 Å². The maximum absolute atomic E-state index is 13.2. The van der Waals surface area contributed by atoms with Gasteiger partial charge in [0.05, 0.1) is 42.9 Å². The number of nitrogens with one attached hydrogen (secondary N) is 2. The van der Waals surface area contributed by atoms with Crippen molar-refractivity contribution in [2.75, 3.05) is 48.9 Å². The number of hydrogen-bond donors (Lipinski definition) is 2. The van der Waals surface area contributed by atoms with Crippen molar-refractivity contribution in [1.29, 1.82) is 0 Å². The first-order valence-electron chi connectivity index (χ1n) is 9.54. The number of anilines is 3. The molecule has 1 unspecified atom stereocenters. The normalized spacial score (nSPS) is 15.4. The van der Waals surface area contributed by atoms with Gasteiger partial charge < -0.3 is 25.0 Å². The fourth-order valence-electron chi connectivity index (χ4n) is 3.20. The number of para-hydroxylation sites is 2. The van der Waals surface area contributed by atoms with Gasteiger partial charge in [-0.1, -0.05) is 12.1 Å². The maximum Gasteiger partial charge on any atom is 0.416 e. The van der Waals surface area contributed by atoms with Crippen LogP contribution < -0.4 is 20.3 Å². The first-order valence-corrected chi connectivity index (χ1v) is 9.54. The monoisotopic (exact) mass is 423 g/mol. The van der Waals surface area contributed by atoms with Crippen molar-refractivity contribution in [1.82, 2.24) is 0 Å². The zero-order chi connectivity index (χ0) is 21.7. The van der Waals surface area contributed by atoms with Gasteiger partial charge in [0.15, 0.2) is 0 Å². The van der Waals surface area contributed by atoms with Crippen LogP contribution in [0.3, 0.4) is 0 Å². The maximum atomic E-state index is 13.2. The molecule has 1 atom stereocenters. The number of rotatable bonds is 6. The molecule has 1 fully saturated rings. The van der Waals surface area contributed by atoms with Crippen LogP contribution in [-0.4, -0.2) is 45.4 Å². The molecule has 6 nitrogen and oxygen atoms in total. The van der Waals surface area contributed by atoms with Gasteiger partial charge in [0.1, 0.15) is 11.8 Å². The molecule has 0 spiro atoms. The van der Waals surface area contributed by atoms with Crippen molar-refractivity contribution in [2.45, 2.75) is 19.1 Å². The molecule has 1 amide bonds. The first-order chi connectivity index (χ1) is 14.3. The number of benzene rings is 2. The molecule has 2 aromatic rings. The number of ether oxygens (including phenoxy) is 2. The fraction of sp³-hybridized carbons (Fsp3) is 0.381. The Morgan fingerprint density at radius 3 is 2.50 bits per heavy atom. The van der Waals surface area contributed by atoms with Gasteiger partial charge in [0, 0.05) is 13.1 Å². The third kappa shape index (κ3) is 5.15. The van der Waals surface area contributed by atoms with Crippen LogP contribution in [0.15, 0.2) is 42.5 Å². The average molecular weight is 423 g/mol. The smallest absolute Gasteiger partial charge is 0.416 e. The van der Waals surface area contributed by atoms with Crippen LogP contribution in [0.25, 0.3) is 0 Å². The summed E-state index contributed by atoms with van der Waals surface area (Å²) in [6.45, 7) is 3.64. The minimum absolute atomic E-state index is 0.116. The molecule has 3 rings (SSSR count). The largest absolute Gasteiger partial charge is 0.495 e. The molecule has 1 saturated heterocycles. The van der Waals surface area contributed by atoms with Gasteiger partial charge in [0.2, 0.25) is 5.91 Å². The molecule has 0 aliphatic carbocycles. The molecular weight excluding hydrogens is 399 g/mol. The summed E-state index contributed by atoms with van der Waals surface area (Å²) in [6.07, 6.45) is -4.51. The number of alkyl halides is 3. The van der Waals surface area contributed by atoms with E-state index in [0.29, 0.717) is 43.4 Å². The lowest BCUT2D eigenvalue weighted by Gasteiger charge is -2.31. The topological polar surface area (TPSA) is 62.8 Å². The number of amides is 1. The van der Waals surface area contributed by atoms with Crippen LogP contribution in [0.5, 0.6) is 5.75 Å². The Hall–Kier alpha value is -2.94. The molecule has 162 valence electrons. The molecule has 0 aromatic heterocycles. The number of carbonyl (C=O) groups excluding carboxylic acids is 1. The first kappa shape index (κ1) is 21.8. The lowest BCUT2D eigenvalue weighted by atomic mass is 10.1. The zero-order valence-corrected chi connectivity index (χ0v) is 16.8. The number of carbonyl (C=O) groups is 1. The minimum atomic E-state index is -4.51. The van der Waals surface area contributed by atoms with Crippen molar-refractivity contribution in [2.24, 2.45) is 0 Å². The number of morpholine rings is 1. The second kappa shape index (κ2) is 9.25. The summed E-state index contributed by atoms with van der Waals surface area (Å²) in [4.78, 5) is 14.7. The van der Waals surface area contributed by atoms with Crippen molar-refractivity contribution in [3.63, 3.8) is 0 Å². The van der Waals surface area contributed by atoms with Gasteiger partial charge in [-0.05, 0) is 37.3 Å². The van der Waals surface area contributed by atoms with E-state index in [1.807, 2.05) is 4.90 Å². The number of nitrogens with zero attached hydrogens (tertiary/aromatic N) is 1. The molecular formula is C21H24F3N3O3. The summed E-state index contributed by atoms with van der Waals surface area (Å²) >= 11 is 0. The van der Waals surface area contributed by atoms with E-state index in [4.69, 9.17) is 9.47 Å². The third-order valence-electron chi connectivity index (χ3n) is 4.81. The highest BCUT2D eigenvalue weighted by molar-refractivity contribution is 5.99. The lowest BCUT2D eigenvalue weighted by Crippen LogP contribution is -2.37. The highest BCUT2D eigenvalue weighted by atomic mass is 19.4. The highest BCUT2D eigenvalue weighted by Crippen LogP contribution is 2.36. The standard InChI is InChI=1S/C21H24F3N3O3/c1-14(25-16-5-3-4-6-19(16)29-2)20(28)26-17-13-15(21(22,23)24)7-8-18(17)27-9-11-30-12-10-27/h3-8,13-14,25H,9-12H2,1-2H3,(H,26,28). The summed E-state index contributed by atoms with van der Waals surface area (Å²) in [6, 6.07) is 9.76. The molecule has 30 heavy (non-hydrogen) atoms. The summed E-state index contributed by atoms with van der Waals surface area (Å²) in [5.41, 5.74) is 0.440. The molecule has 1 heterocycles. The van der Waals surface area contributed by atoms with Gasteiger partial charge in [0.25, 0.3) is 0 Å². The summed E-state index contributed by atoms with van der Waals surface area (Å²) in [7, 11) is 1.52. The van der Waals surface area contributed by atoms with Crippen LogP contribution in [0.1, 0.15) is 12.5 Å². The van der Waals surface area contributed by atoms with E-state index in [1.165, 1.54) is 13.2 Å². The Morgan fingerprint density at radius 2 is 1.83 bits per heavy atom. The van der Waals surface area contributed by atoms with Crippen LogP contribution in [-0.2, 0) is 15.7 Å². The second-order valence-electron chi connectivity index (χ2n) is 6.88. The molecule has 0 radical (unpaired) electrons. The number of methoxy groups -OCH3 is 1. The Morgan fingerprint density at radius 1 is 1.13 bits per heavy atom. The summed E-state index contributed by atoms with van der Waals surface area (Å²) in [5, 5.41) is 5.69. The van der Waals surface area contributed by atoms with Crippen LogP contribution in [0.2, 0.25) is 0 Å². The Bertz CT molecular complexity index is 883. The molecule has 0 saturated carbocycles. The molecule has 0 bridgehead atoms. The zero-order valence-electron chi connectivity index (χ0n) is 16.8. The minimum Gasteiger partial charge on any atom is -0.495 e. The van der Waals surface area contributed by atoms with Crippen molar-refractivity contribution in [3.8, 4) is 5.75 Å². The summed E-state index contributed by atoms with van der Waals surface area (Å²) in [5.74, 6) is 0.0972. The van der Waals surface area contributed by atoms with E-state index in [2.05, 4.69) is 10.6 Å². The number of hydrogen-bond acceptors (Lipinski definition) is 5. The summed E-state index contributed by atoms with van der Waals surface area (Å²) < 4.78 is 50.3. The average Bonchev–Trinajstić information content (AvgIpc) is 2.74. The third-order valence-corrected chi connectivity index (χ3v) is 4.81. The quantitative estimate of drug-likeness (QED) is 0.736. The van der Waals surface area contributed by atoms with Crippen molar-refractivity contribution >= 4 is 23.0 Å². The van der Waals surface area contributed by atoms with E-state index in [9.17, 15) is 18.0 Å².